The Morgan fingerprint density at radius 1 is 1.21 bits per heavy atom. The van der Waals surface area contributed by atoms with Gasteiger partial charge in [-0.3, -0.25) is 0 Å². The highest BCUT2D eigenvalue weighted by atomic mass is 32.2. The second-order valence-corrected chi connectivity index (χ2v) is 8.26. The number of benzene rings is 1. The van der Waals surface area contributed by atoms with Crippen LogP contribution in [0.5, 0.6) is 0 Å². The molecule has 0 saturated carbocycles. The molecule has 0 bridgehead atoms. The second-order valence-electron chi connectivity index (χ2n) is 4.75. The Hall–Kier alpha value is -1.14. The highest BCUT2D eigenvalue weighted by Gasteiger charge is 2.29. The van der Waals surface area contributed by atoms with Gasteiger partial charge >= 0.3 is 0 Å². The molecule has 1 aromatic heterocycles. The quantitative estimate of drug-likeness (QED) is 0.850. The molecule has 0 spiro atoms. The fraction of sp³-hybridized carbons (Fsp3) is 0.385. The van der Waals surface area contributed by atoms with E-state index in [1.807, 2.05) is 31.2 Å². The summed E-state index contributed by atoms with van der Waals surface area (Å²) in [4.78, 5) is 9.11. The van der Waals surface area contributed by atoms with Gasteiger partial charge in [0.05, 0.1) is 28.2 Å². The van der Waals surface area contributed by atoms with E-state index in [2.05, 4.69) is 9.97 Å². The van der Waals surface area contributed by atoms with Crippen LogP contribution in [-0.4, -0.2) is 35.1 Å². The van der Waals surface area contributed by atoms with E-state index in [1.54, 1.807) is 11.8 Å². The Labute approximate surface area is 116 Å². The van der Waals surface area contributed by atoms with Gasteiger partial charge in [0.1, 0.15) is 5.03 Å². The molecular weight excluding hydrogens is 280 g/mol. The average Bonchev–Trinajstić information content (AvgIpc) is 2.70. The van der Waals surface area contributed by atoms with Gasteiger partial charge in [0.15, 0.2) is 9.84 Å². The summed E-state index contributed by atoms with van der Waals surface area (Å²) < 4.78 is 23.0. The normalized spacial score (nSPS) is 21.8. The molecule has 0 aliphatic carbocycles. The van der Waals surface area contributed by atoms with Crippen LogP contribution in [0.25, 0.3) is 11.0 Å². The summed E-state index contributed by atoms with van der Waals surface area (Å²) in [7, 11) is -2.84. The van der Waals surface area contributed by atoms with Crippen molar-refractivity contribution in [1.29, 1.82) is 0 Å². The number of sulfone groups is 1. The number of aryl methyl sites for hydroxylation is 1. The van der Waals surface area contributed by atoms with Crippen LogP contribution in [0.3, 0.4) is 0 Å². The van der Waals surface area contributed by atoms with Crippen molar-refractivity contribution in [2.45, 2.75) is 23.6 Å². The van der Waals surface area contributed by atoms with Gasteiger partial charge in [-0.2, -0.15) is 0 Å². The predicted molar refractivity (Wildman–Crippen MR) is 77.2 cm³/mol. The van der Waals surface area contributed by atoms with Crippen LogP contribution in [0.15, 0.2) is 29.3 Å². The lowest BCUT2D eigenvalue weighted by molar-refractivity contribution is 0.602. The number of hydrogen-bond acceptors (Lipinski definition) is 5. The molecule has 0 N–H and O–H groups in total. The monoisotopic (exact) mass is 294 g/mol. The predicted octanol–water partition coefficient (Wildman–Crippen LogP) is 2.22. The van der Waals surface area contributed by atoms with Crippen molar-refractivity contribution in [3.8, 4) is 0 Å². The number of aromatic nitrogens is 2. The Morgan fingerprint density at radius 3 is 2.53 bits per heavy atom. The standard InChI is InChI=1S/C13H14N2O2S2/c1-9-13(18-10-6-7-19(16,17)8-10)15-12-5-3-2-4-11(12)14-9/h2-5,10H,6-8H2,1H3/t10-/m0/s1. The Kier molecular flexibility index (Phi) is 3.22. The minimum atomic E-state index is -2.84. The molecule has 3 rings (SSSR count). The lowest BCUT2D eigenvalue weighted by Crippen LogP contribution is -2.07. The first kappa shape index (κ1) is 12.9. The maximum absolute atomic E-state index is 11.5. The summed E-state index contributed by atoms with van der Waals surface area (Å²) in [6.07, 6.45) is 0.709. The molecule has 100 valence electrons. The molecule has 1 aliphatic heterocycles. The van der Waals surface area contributed by atoms with E-state index in [1.165, 1.54) is 0 Å². The number of fused-ring (bicyclic) bond motifs is 1. The zero-order valence-electron chi connectivity index (χ0n) is 10.5. The Balaban J connectivity index is 1.91. The van der Waals surface area contributed by atoms with Gasteiger partial charge in [0.2, 0.25) is 0 Å². The topological polar surface area (TPSA) is 59.9 Å². The molecule has 1 fully saturated rings. The van der Waals surface area contributed by atoms with Gasteiger partial charge < -0.3 is 0 Å². The van der Waals surface area contributed by atoms with Crippen LogP contribution < -0.4 is 0 Å². The van der Waals surface area contributed by atoms with Gasteiger partial charge in [-0.1, -0.05) is 12.1 Å². The lowest BCUT2D eigenvalue weighted by Gasteiger charge is -2.09. The minimum Gasteiger partial charge on any atom is -0.249 e. The summed E-state index contributed by atoms with van der Waals surface area (Å²) in [5.74, 6) is 0.552. The second kappa shape index (κ2) is 4.76. The Morgan fingerprint density at radius 2 is 1.89 bits per heavy atom. The van der Waals surface area contributed by atoms with Crippen molar-refractivity contribution < 1.29 is 8.42 Å². The van der Waals surface area contributed by atoms with Gasteiger partial charge in [-0.15, -0.1) is 11.8 Å². The maximum atomic E-state index is 11.5. The van der Waals surface area contributed by atoms with Gasteiger partial charge in [-0.05, 0) is 25.5 Å². The van der Waals surface area contributed by atoms with E-state index < -0.39 is 9.84 Å². The maximum Gasteiger partial charge on any atom is 0.151 e. The minimum absolute atomic E-state index is 0.110. The van der Waals surface area contributed by atoms with Crippen LogP contribution in [0.2, 0.25) is 0 Å². The van der Waals surface area contributed by atoms with E-state index in [9.17, 15) is 8.42 Å². The van der Waals surface area contributed by atoms with Crippen molar-refractivity contribution in [3.63, 3.8) is 0 Å². The first-order valence-corrected chi connectivity index (χ1v) is 8.84. The molecular formula is C13H14N2O2S2. The van der Waals surface area contributed by atoms with Crippen molar-refractivity contribution in [2.75, 3.05) is 11.5 Å². The van der Waals surface area contributed by atoms with Crippen molar-refractivity contribution in [1.82, 2.24) is 9.97 Å². The van der Waals surface area contributed by atoms with Crippen LogP contribution in [0, 0.1) is 6.92 Å². The van der Waals surface area contributed by atoms with E-state index in [-0.39, 0.29) is 11.0 Å². The van der Waals surface area contributed by atoms with Crippen molar-refractivity contribution >= 4 is 32.6 Å². The third kappa shape index (κ3) is 2.74. The molecule has 0 radical (unpaired) electrons. The SMILES string of the molecule is Cc1nc2ccccc2nc1S[C@H]1CCS(=O)(=O)C1. The molecule has 0 unspecified atom stereocenters. The fourth-order valence-electron chi connectivity index (χ4n) is 2.20. The van der Waals surface area contributed by atoms with Gasteiger partial charge in [0, 0.05) is 5.25 Å². The average molecular weight is 294 g/mol. The number of hydrogen-bond donors (Lipinski definition) is 0. The van der Waals surface area contributed by atoms with E-state index in [0.717, 1.165) is 21.8 Å². The molecule has 1 aliphatic rings. The van der Waals surface area contributed by atoms with E-state index in [0.29, 0.717) is 12.2 Å². The van der Waals surface area contributed by atoms with E-state index in [4.69, 9.17) is 0 Å². The third-order valence-corrected chi connectivity index (χ3v) is 6.49. The van der Waals surface area contributed by atoms with Crippen LogP contribution in [0.4, 0.5) is 0 Å². The molecule has 2 heterocycles. The zero-order valence-corrected chi connectivity index (χ0v) is 12.2. The first-order valence-electron chi connectivity index (χ1n) is 6.14. The van der Waals surface area contributed by atoms with Crippen LogP contribution in [0.1, 0.15) is 12.1 Å². The lowest BCUT2D eigenvalue weighted by atomic mass is 10.3. The summed E-state index contributed by atoms with van der Waals surface area (Å²) in [5.41, 5.74) is 2.60. The third-order valence-electron chi connectivity index (χ3n) is 3.17. The zero-order chi connectivity index (χ0) is 13.5. The van der Waals surface area contributed by atoms with Crippen molar-refractivity contribution in [3.05, 3.63) is 30.0 Å². The van der Waals surface area contributed by atoms with Gasteiger partial charge in [0.25, 0.3) is 0 Å². The highest BCUT2D eigenvalue weighted by molar-refractivity contribution is 8.01. The number of thioether (sulfide) groups is 1. The molecule has 0 amide bonds. The molecule has 2 aromatic rings. The number of para-hydroxylation sites is 2. The summed E-state index contributed by atoms with van der Waals surface area (Å²) in [5, 5.41) is 0.958. The molecule has 1 saturated heterocycles. The molecule has 1 atom stereocenters. The Bertz CT molecular complexity index is 729. The van der Waals surface area contributed by atoms with Crippen molar-refractivity contribution in [2.24, 2.45) is 0 Å². The first-order chi connectivity index (χ1) is 9.03. The molecule has 6 heteroatoms. The molecule has 4 nitrogen and oxygen atoms in total. The summed E-state index contributed by atoms with van der Waals surface area (Å²) >= 11 is 1.54. The summed E-state index contributed by atoms with van der Waals surface area (Å²) in [6.45, 7) is 1.92. The largest absolute Gasteiger partial charge is 0.249 e. The molecule has 1 aromatic carbocycles. The smallest absolute Gasteiger partial charge is 0.151 e. The summed E-state index contributed by atoms with van der Waals surface area (Å²) in [6, 6.07) is 7.73. The fourth-order valence-corrected chi connectivity index (χ4v) is 5.70. The van der Waals surface area contributed by atoms with Gasteiger partial charge in [-0.25, -0.2) is 18.4 Å². The van der Waals surface area contributed by atoms with Crippen LogP contribution >= 0.6 is 11.8 Å². The molecule has 19 heavy (non-hydrogen) atoms. The van der Waals surface area contributed by atoms with Crippen LogP contribution in [-0.2, 0) is 9.84 Å². The highest BCUT2D eigenvalue weighted by Crippen LogP contribution is 2.31. The number of rotatable bonds is 2. The van der Waals surface area contributed by atoms with E-state index >= 15 is 0 Å². The number of nitrogens with zero attached hydrogens (tertiary/aromatic N) is 2.